The van der Waals surface area contributed by atoms with Crippen LogP contribution in [-0.2, 0) is 9.09 Å². The first kappa shape index (κ1) is 9.20. The van der Waals surface area contributed by atoms with E-state index in [-0.39, 0.29) is 6.61 Å². The van der Waals surface area contributed by atoms with Gasteiger partial charge in [-0.05, 0) is 0 Å². The van der Waals surface area contributed by atoms with E-state index >= 15 is 0 Å². The fourth-order valence-corrected chi connectivity index (χ4v) is 0.721. The van der Waals surface area contributed by atoms with Crippen molar-refractivity contribution in [1.29, 1.82) is 0 Å². The van der Waals surface area contributed by atoms with Crippen LogP contribution in [0.4, 0.5) is 0 Å². The van der Waals surface area contributed by atoms with Crippen molar-refractivity contribution in [2.45, 2.75) is 0 Å². The van der Waals surface area contributed by atoms with Gasteiger partial charge >= 0.3 is 7.75 Å². The van der Waals surface area contributed by atoms with E-state index in [1.807, 2.05) is 4.49 Å². The van der Waals surface area contributed by atoms with Crippen LogP contribution in [-0.4, -0.2) is 11.5 Å². The average molecular weight is 169 g/mol. The summed E-state index contributed by atoms with van der Waals surface area (Å²) in [7, 11) is -3.65. The Morgan fingerprint density at radius 2 is 2.56 bits per heavy atom. The summed E-state index contributed by atoms with van der Waals surface area (Å²) in [5, 5.41) is 0. The van der Waals surface area contributed by atoms with Crippen LogP contribution in [0.3, 0.4) is 0 Å². The highest BCUT2D eigenvalue weighted by atomic mass is 32.1. The monoisotopic (exact) mass is 169 g/mol. The lowest BCUT2D eigenvalue weighted by Gasteiger charge is -2.05. The molecule has 0 aromatic carbocycles. The van der Waals surface area contributed by atoms with Gasteiger partial charge in [-0.15, -0.1) is 6.58 Å². The third kappa shape index (κ3) is 4.69. The lowest BCUT2D eigenvalue weighted by molar-refractivity contribution is 0.285. The van der Waals surface area contributed by atoms with Crippen LogP contribution in [0.2, 0.25) is 0 Å². The first-order chi connectivity index (χ1) is 4.12. The second-order valence-corrected chi connectivity index (χ2v) is 3.30. The fourth-order valence-electron chi connectivity index (χ4n) is 0.183. The van der Waals surface area contributed by atoms with Gasteiger partial charge in [0.25, 0.3) is 0 Å². The molecule has 0 bridgehead atoms. The molecule has 54 valence electrons. The van der Waals surface area contributed by atoms with Crippen LogP contribution in [0.5, 0.6) is 0 Å². The summed E-state index contributed by atoms with van der Waals surface area (Å²) in [4.78, 5) is 8.55. The van der Waals surface area contributed by atoms with Gasteiger partial charge in [-0.1, -0.05) is 18.9 Å². The Bertz CT molecular complexity index is 139. The highest BCUT2D eigenvalue weighted by Gasteiger charge is 2.14. The molecule has 9 heavy (non-hydrogen) atoms. The first-order valence-corrected chi connectivity index (χ1v) is 4.14. The molecule has 0 radical (unpaired) electrons. The molecule has 0 fully saturated rings. The molecule has 0 aromatic rings. The summed E-state index contributed by atoms with van der Waals surface area (Å²) in [5.41, 5.74) is 0. The lowest BCUT2D eigenvalue weighted by Crippen LogP contribution is -1.99. The Hall–Kier alpha value is 0.200. The summed E-state index contributed by atoms with van der Waals surface area (Å²) in [6.45, 7) is 3.32. The minimum Gasteiger partial charge on any atom is -0.312 e. The quantitative estimate of drug-likeness (QED) is 0.330. The van der Waals surface area contributed by atoms with E-state index in [1.165, 1.54) is 6.08 Å². The summed E-state index contributed by atoms with van der Waals surface area (Å²) in [6, 6.07) is 0. The normalized spacial score (nSPS) is 16.7. The van der Waals surface area contributed by atoms with Gasteiger partial charge in [-0.3, -0.25) is 4.52 Å². The third-order valence-electron chi connectivity index (χ3n) is 0.494. The van der Waals surface area contributed by atoms with Gasteiger partial charge in [-0.2, -0.15) is 4.49 Å². The molecule has 0 aliphatic carbocycles. The van der Waals surface area contributed by atoms with E-state index in [0.29, 0.717) is 0 Å². The number of nitrogens with one attached hydrogen (secondary N) is 1. The van der Waals surface area contributed by atoms with Crippen molar-refractivity contribution < 1.29 is 14.0 Å². The van der Waals surface area contributed by atoms with Gasteiger partial charge in [0.05, 0.1) is 6.61 Å². The van der Waals surface area contributed by atoms with Crippen molar-refractivity contribution in [2.24, 2.45) is 0 Å². The average Bonchev–Trinajstić information content (AvgIpc) is 1.84. The van der Waals surface area contributed by atoms with E-state index in [0.717, 1.165) is 0 Å². The van der Waals surface area contributed by atoms with E-state index < -0.39 is 7.75 Å². The second-order valence-electron chi connectivity index (χ2n) is 1.20. The molecule has 4 nitrogen and oxygen atoms in total. The first-order valence-electron chi connectivity index (χ1n) is 2.12. The Kier molecular flexibility index (Phi) is 4.18. The van der Waals surface area contributed by atoms with Crippen LogP contribution in [0, 0.1) is 0 Å². The SMILES string of the molecule is C=CCOP(=O)(O)NS. The molecule has 0 heterocycles. The van der Waals surface area contributed by atoms with E-state index in [1.54, 1.807) is 0 Å². The zero-order chi connectivity index (χ0) is 7.33. The Morgan fingerprint density at radius 3 is 2.89 bits per heavy atom. The molecule has 0 saturated carbocycles. The standard InChI is InChI=1S/C3H8NO3PS/c1-2-3-7-8(5,6)4-9/h2,9H,1,3H2,(H2,4,5,6). The highest BCUT2D eigenvalue weighted by Crippen LogP contribution is 2.36. The van der Waals surface area contributed by atoms with Crippen LogP contribution in [0.15, 0.2) is 12.7 Å². The fraction of sp³-hybridized carbons (Fsp3) is 0.333. The second kappa shape index (κ2) is 4.09. The molecular weight excluding hydrogens is 161 g/mol. The number of hydrogen-bond acceptors (Lipinski definition) is 3. The summed E-state index contributed by atoms with van der Waals surface area (Å²) < 4.78 is 16.6. The maximum Gasteiger partial charge on any atom is 0.412 e. The molecular formula is C3H8NO3PS. The van der Waals surface area contributed by atoms with Crippen LogP contribution >= 0.6 is 20.6 Å². The largest absolute Gasteiger partial charge is 0.412 e. The van der Waals surface area contributed by atoms with Crippen molar-refractivity contribution in [2.75, 3.05) is 6.61 Å². The van der Waals surface area contributed by atoms with Crippen molar-refractivity contribution >= 4 is 20.6 Å². The molecule has 0 aromatic heterocycles. The maximum absolute atomic E-state index is 10.4. The van der Waals surface area contributed by atoms with Crippen molar-refractivity contribution in [3.8, 4) is 0 Å². The van der Waals surface area contributed by atoms with Crippen LogP contribution in [0.1, 0.15) is 0 Å². The molecule has 1 atom stereocenters. The minimum absolute atomic E-state index is 0.0291. The molecule has 6 heteroatoms. The minimum atomic E-state index is -3.65. The Morgan fingerprint density at radius 1 is 2.00 bits per heavy atom. The summed E-state index contributed by atoms with van der Waals surface area (Å²) in [5.74, 6) is 0. The van der Waals surface area contributed by atoms with E-state index in [9.17, 15) is 4.57 Å². The predicted octanol–water partition coefficient (Wildman–Crippen LogP) is 0.724. The molecule has 1 unspecified atom stereocenters. The van der Waals surface area contributed by atoms with Crippen molar-refractivity contribution in [3.63, 3.8) is 0 Å². The molecule has 0 spiro atoms. The van der Waals surface area contributed by atoms with Gasteiger partial charge in [0.2, 0.25) is 0 Å². The summed E-state index contributed by atoms with van der Waals surface area (Å²) in [6.07, 6.45) is 1.37. The topological polar surface area (TPSA) is 58.6 Å². The maximum atomic E-state index is 10.4. The third-order valence-corrected chi connectivity index (χ3v) is 2.00. The van der Waals surface area contributed by atoms with Crippen LogP contribution in [0.25, 0.3) is 0 Å². The number of hydrogen-bond donors (Lipinski definition) is 3. The lowest BCUT2D eigenvalue weighted by atomic mass is 10.7. The van der Waals surface area contributed by atoms with Gasteiger partial charge in [0.15, 0.2) is 0 Å². The van der Waals surface area contributed by atoms with Gasteiger partial charge in [0.1, 0.15) is 0 Å². The van der Waals surface area contributed by atoms with Crippen molar-refractivity contribution in [1.82, 2.24) is 4.49 Å². The number of thiol groups is 1. The Labute approximate surface area is 59.0 Å². The van der Waals surface area contributed by atoms with Gasteiger partial charge in [0, 0.05) is 0 Å². The van der Waals surface area contributed by atoms with Crippen molar-refractivity contribution in [3.05, 3.63) is 12.7 Å². The zero-order valence-electron chi connectivity index (χ0n) is 4.65. The number of rotatable bonds is 4. The molecule has 0 saturated heterocycles. The molecule has 2 N–H and O–H groups in total. The molecule has 0 aliphatic rings. The molecule has 0 amide bonds. The van der Waals surface area contributed by atoms with Gasteiger partial charge in [-0.25, -0.2) is 4.57 Å². The highest BCUT2D eigenvalue weighted by molar-refractivity contribution is 7.85. The zero-order valence-corrected chi connectivity index (χ0v) is 6.44. The smallest absolute Gasteiger partial charge is 0.312 e. The Balaban J connectivity index is 3.58. The van der Waals surface area contributed by atoms with Gasteiger partial charge < -0.3 is 4.89 Å². The van der Waals surface area contributed by atoms with Crippen LogP contribution < -0.4 is 4.49 Å². The molecule has 0 rings (SSSR count). The van der Waals surface area contributed by atoms with E-state index in [4.69, 9.17) is 4.89 Å². The van der Waals surface area contributed by atoms with E-state index in [2.05, 4.69) is 23.9 Å². The summed E-state index contributed by atoms with van der Waals surface area (Å²) >= 11 is 3.35. The predicted molar refractivity (Wildman–Crippen MR) is 38.1 cm³/mol. The molecule has 0 aliphatic heterocycles.